The Kier molecular flexibility index (Phi) is 3.79. The maximum atomic E-state index is 12.7. The third-order valence-electron chi connectivity index (χ3n) is 4.15. The molecule has 0 aliphatic carbocycles. The van der Waals surface area contributed by atoms with E-state index in [0.29, 0.717) is 18.5 Å². The summed E-state index contributed by atoms with van der Waals surface area (Å²) in [6.07, 6.45) is 2.34. The quantitative estimate of drug-likeness (QED) is 0.924. The SMILES string of the molecule is CC1CC(C(=O)O)CN(C(=O)c2ccc3ncccc3c2)C1. The van der Waals surface area contributed by atoms with E-state index in [9.17, 15) is 14.7 Å². The molecular weight excluding hydrogens is 280 g/mol. The van der Waals surface area contributed by atoms with Gasteiger partial charge in [-0.05, 0) is 36.6 Å². The highest BCUT2D eigenvalue weighted by molar-refractivity contribution is 5.98. The van der Waals surface area contributed by atoms with Crippen LogP contribution >= 0.6 is 0 Å². The molecule has 5 heteroatoms. The number of hydrogen-bond acceptors (Lipinski definition) is 3. The average Bonchev–Trinajstić information content (AvgIpc) is 2.53. The van der Waals surface area contributed by atoms with Crippen LogP contribution in [0.5, 0.6) is 0 Å². The van der Waals surface area contributed by atoms with Crippen LogP contribution in [0.2, 0.25) is 0 Å². The molecule has 0 saturated carbocycles. The van der Waals surface area contributed by atoms with Crippen LogP contribution in [-0.2, 0) is 4.79 Å². The van der Waals surface area contributed by atoms with Crippen LogP contribution in [0.25, 0.3) is 10.9 Å². The molecule has 2 aromatic rings. The number of benzene rings is 1. The number of likely N-dealkylation sites (tertiary alicyclic amines) is 1. The number of carbonyl (C=O) groups is 2. The fourth-order valence-corrected chi connectivity index (χ4v) is 3.09. The van der Waals surface area contributed by atoms with Crippen molar-refractivity contribution in [2.75, 3.05) is 13.1 Å². The summed E-state index contributed by atoms with van der Waals surface area (Å²) in [6.45, 7) is 2.87. The zero-order valence-electron chi connectivity index (χ0n) is 12.4. The van der Waals surface area contributed by atoms with Gasteiger partial charge in [-0.25, -0.2) is 0 Å². The summed E-state index contributed by atoms with van der Waals surface area (Å²) in [7, 11) is 0. The Morgan fingerprint density at radius 3 is 2.86 bits per heavy atom. The molecule has 1 aromatic carbocycles. The number of piperidine rings is 1. The average molecular weight is 298 g/mol. The van der Waals surface area contributed by atoms with E-state index >= 15 is 0 Å². The van der Waals surface area contributed by atoms with E-state index in [0.717, 1.165) is 10.9 Å². The zero-order valence-corrected chi connectivity index (χ0v) is 12.4. The van der Waals surface area contributed by atoms with Gasteiger partial charge in [0.25, 0.3) is 5.91 Å². The lowest BCUT2D eigenvalue weighted by Gasteiger charge is -2.34. The lowest BCUT2D eigenvalue weighted by atomic mass is 9.90. The van der Waals surface area contributed by atoms with Gasteiger partial charge in [0.15, 0.2) is 0 Å². The molecule has 1 aliphatic rings. The first-order valence-electron chi connectivity index (χ1n) is 7.41. The topological polar surface area (TPSA) is 70.5 Å². The molecule has 0 spiro atoms. The number of amides is 1. The predicted molar refractivity (Wildman–Crippen MR) is 82.6 cm³/mol. The van der Waals surface area contributed by atoms with Gasteiger partial charge in [-0.3, -0.25) is 14.6 Å². The van der Waals surface area contributed by atoms with E-state index in [1.807, 2.05) is 31.2 Å². The Morgan fingerprint density at radius 1 is 1.27 bits per heavy atom. The summed E-state index contributed by atoms with van der Waals surface area (Å²) in [5.41, 5.74) is 1.42. The Labute approximate surface area is 128 Å². The van der Waals surface area contributed by atoms with E-state index in [1.54, 1.807) is 17.2 Å². The van der Waals surface area contributed by atoms with Crippen molar-refractivity contribution in [2.24, 2.45) is 11.8 Å². The van der Waals surface area contributed by atoms with Crippen molar-refractivity contribution in [3.8, 4) is 0 Å². The second-order valence-corrected chi connectivity index (χ2v) is 6.00. The molecule has 1 N–H and O–H groups in total. The van der Waals surface area contributed by atoms with Gasteiger partial charge in [-0.2, -0.15) is 0 Å². The second-order valence-electron chi connectivity index (χ2n) is 6.00. The van der Waals surface area contributed by atoms with Crippen molar-refractivity contribution in [3.05, 3.63) is 42.1 Å². The molecule has 22 heavy (non-hydrogen) atoms. The molecule has 1 aromatic heterocycles. The molecule has 0 radical (unpaired) electrons. The number of carbonyl (C=O) groups excluding carboxylic acids is 1. The monoisotopic (exact) mass is 298 g/mol. The standard InChI is InChI=1S/C17H18N2O3/c1-11-7-14(17(21)22)10-19(9-11)16(20)13-4-5-15-12(8-13)3-2-6-18-15/h2-6,8,11,14H,7,9-10H2,1H3,(H,21,22). The van der Waals surface area contributed by atoms with Gasteiger partial charge in [0, 0.05) is 30.2 Å². The molecule has 5 nitrogen and oxygen atoms in total. The molecule has 1 aliphatic heterocycles. The summed E-state index contributed by atoms with van der Waals surface area (Å²) < 4.78 is 0. The number of hydrogen-bond donors (Lipinski definition) is 1. The smallest absolute Gasteiger partial charge is 0.308 e. The lowest BCUT2D eigenvalue weighted by molar-refractivity contribution is -0.143. The Morgan fingerprint density at radius 2 is 2.09 bits per heavy atom. The number of nitrogens with zero attached hydrogens (tertiary/aromatic N) is 2. The highest BCUT2D eigenvalue weighted by atomic mass is 16.4. The number of aromatic nitrogens is 1. The third-order valence-corrected chi connectivity index (χ3v) is 4.15. The zero-order chi connectivity index (χ0) is 15.7. The van der Waals surface area contributed by atoms with Crippen LogP contribution < -0.4 is 0 Å². The molecule has 0 bridgehead atoms. The number of pyridine rings is 1. The normalized spacial score (nSPS) is 21.8. The fraction of sp³-hybridized carbons (Fsp3) is 0.353. The van der Waals surface area contributed by atoms with E-state index in [-0.39, 0.29) is 18.4 Å². The van der Waals surface area contributed by atoms with Gasteiger partial charge >= 0.3 is 5.97 Å². The van der Waals surface area contributed by atoms with Crippen molar-refractivity contribution in [3.63, 3.8) is 0 Å². The second kappa shape index (κ2) is 5.75. The van der Waals surface area contributed by atoms with Gasteiger partial charge in [0.2, 0.25) is 0 Å². The van der Waals surface area contributed by atoms with Gasteiger partial charge in [0.1, 0.15) is 0 Å². The van der Waals surface area contributed by atoms with Gasteiger partial charge < -0.3 is 10.0 Å². The highest BCUT2D eigenvalue weighted by Gasteiger charge is 2.32. The van der Waals surface area contributed by atoms with Crippen LogP contribution in [0.1, 0.15) is 23.7 Å². The summed E-state index contributed by atoms with van der Waals surface area (Å²) in [4.78, 5) is 29.8. The highest BCUT2D eigenvalue weighted by Crippen LogP contribution is 2.24. The van der Waals surface area contributed by atoms with Crippen LogP contribution in [0.15, 0.2) is 36.5 Å². The minimum atomic E-state index is -0.827. The van der Waals surface area contributed by atoms with Crippen molar-refractivity contribution in [1.82, 2.24) is 9.88 Å². The summed E-state index contributed by atoms with van der Waals surface area (Å²) in [5.74, 6) is -1.22. The molecule has 1 fully saturated rings. The number of aliphatic carboxylic acids is 1. The van der Waals surface area contributed by atoms with Crippen LogP contribution in [0.3, 0.4) is 0 Å². The molecule has 2 atom stereocenters. The van der Waals surface area contributed by atoms with Crippen molar-refractivity contribution in [2.45, 2.75) is 13.3 Å². The van der Waals surface area contributed by atoms with Crippen molar-refractivity contribution >= 4 is 22.8 Å². The minimum Gasteiger partial charge on any atom is -0.481 e. The first-order chi connectivity index (χ1) is 10.5. The minimum absolute atomic E-state index is 0.108. The molecule has 3 rings (SSSR count). The van der Waals surface area contributed by atoms with E-state index in [1.165, 1.54) is 0 Å². The molecular formula is C17H18N2O3. The van der Waals surface area contributed by atoms with Crippen LogP contribution in [0, 0.1) is 11.8 Å². The number of fused-ring (bicyclic) bond motifs is 1. The predicted octanol–water partition coefficient (Wildman–Crippen LogP) is 2.42. The van der Waals surface area contributed by atoms with Gasteiger partial charge in [0.05, 0.1) is 11.4 Å². The third kappa shape index (κ3) is 2.79. The Balaban J connectivity index is 1.86. The maximum Gasteiger partial charge on any atom is 0.308 e. The van der Waals surface area contributed by atoms with E-state index in [4.69, 9.17) is 0 Å². The van der Waals surface area contributed by atoms with E-state index < -0.39 is 11.9 Å². The van der Waals surface area contributed by atoms with Gasteiger partial charge in [-0.15, -0.1) is 0 Å². The van der Waals surface area contributed by atoms with Crippen LogP contribution in [-0.4, -0.2) is 40.0 Å². The first kappa shape index (κ1) is 14.5. The summed E-state index contributed by atoms with van der Waals surface area (Å²) in [6, 6.07) is 9.15. The molecule has 1 amide bonds. The number of carboxylic acid groups (broad SMARTS) is 1. The fourth-order valence-electron chi connectivity index (χ4n) is 3.09. The lowest BCUT2D eigenvalue weighted by Crippen LogP contribution is -2.45. The van der Waals surface area contributed by atoms with Crippen LogP contribution in [0.4, 0.5) is 0 Å². The summed E-state index contributed by atoms with van der Waals surface area (Å²) in [5, 5.41) is 10.1. The summed E-state index contributed by atoms with van der Waals surface area (Å²) >= 11 is 0. The first-order valence-corrected chi connectivity index (χ1v) is 7.41. The molecule has 2 unspecified atom stereocenters. The van der Waals surface area contributed by atoms with E-state index in [2.05, 4.69) is 4.98 Å². The molecule has 1 saturated heterocycles. The number of carboxylic acids is 1. The Bertz CT molecular complexity index is 729. The van der Waals surface area contributed by atoms with Crippen molar-refractivity contribution < 1.29 is 14.7 Å². The largest absolute Gasteiger partial charge is 0.481 e. The Hall–Kier alpha value is -2.43. The van der Waals surface area contributed by atoms with Crippen molar-refractivity contribution in [1.29, 1.82) is 0 Å². The van der Waals surface area contributed by atoms with Gasteiger partial charge in [-0.1, -0.05) is 13.0 Å². The molecule has 114 valence electrons. The number of rotatable bonds is 2. The molecule has 2 heterocycles. The maximum absolute atomic E-state index is 12.7.